The number of benzene rings is 1. The molecule has 0 aliphatic carbocycles. The molecular formula is C14H23NO4S. The monoisotopic (exact) mass is 301 g/mol. The maximum Gasteiger partial charge on any atom is 0.150 e. The maximum atomic E-state index is 11.7. The van der Waals surface area contributed by atoms with E-state index in [0.29, 0.717) is 32.6 Å². The molecule has 0 fully saturated rings. The van der Waals surface area contributed by atoms with Crippen molar-refractivity contribution in [2.75, 3.05) is 31.8 Å². The van der Waals surface area contributed by atoms with Gasteiger partial charge in [0.25, 0.3) is 0 Å². The van der Waals surface area contributed by atoms with Crippen molar-refractivity contribution in [3.05, 3.63) is 29.8 Å². The summed E-state index contributed by atoms with van der Waals surface area (Å²) in [6, 6.07) is 7.51. The molecule has 0 aliphatic rings. The van der Waals surface area contributed by atoms with E-state index in [1.165, 1.54) is 0 Å². The second-order valence-electron chi connectivity index (χ2n) is 4.55. The first kappa shape index (κ1) is 16.9. The average molecular weight is 301 g/mol. The first-order valence-electron chi connectivity index (χ1n) is 6.68. The van der Waals surface area contributed by atoms with Crippen LogP contribution < -0.4 is 10.5 Å². The maximum absolute atomic E-state index is 11.7. The molecule has 0 bridgehead atoms. The second kappa shape index (κ2) is 8.94. The van der Waals surface area contributed by atoms with E-state index in [4.69, 9.17) is 15.2 Å². The van der Waals surface area contributed by atoms with E-state index in [1.54, 1.807) is 7.11 Å². The minimum absolute atomic E-state index is 0.146. The Morgan fingerprint density at radius 3 is 2.50 bits per heavy atom. The van der Waals surface area contributed by atoms with Gasteiger partial charge in [0, 0.05) is 20.3 Å². The number of nitrogens with two attached hydrogens (primary N) is 1. The highest BCUT2D eigenvalue weighted by atomic mass is 32.2. The lowest BCUT2D eigenvalue weighted by Crippen LogP contribution is -2.15. The standard InChI is InChI=1S/C14H23NO4S/c1-18-7-3-9-20(16,17)10-4-8-19-14-6-2-5-13(11-14)12-15/h2,5-6,11H,3-4,7-10,12,15H2,1H3. The number of sulfone groups is 1. The number of ether oxygens (including phenoxy) is 2. The van der Waals surface area contributed by atoms with Crippen molar-refractivity contribution < 1.29 is 17.9 Å². The molecule has 2 N–H and O–H groups in total. The summed E-state index contributed by atoms with van der Waals surface area (Å²) in [6.07, 6.45) is 1.03. The summed E-state index contributed by atoms with van der Waals surface area (Å²) in [5.41, 5.74) is 6.54. The molecule has 20 heavy (non-hydrogen) atoms. The Kier molecular flexibility index (Phi) is 7.58. The van der Waals surface area contributed by atoms with Gasteiger partial charge in [-0.05, 0) is 30.5 Å². The van der Waals surface area contributed by atoms with E-state index in [0.717, 1.165) is 11.3 Å². The Morgan fingerprint density at radius 2 is 1.85 bits per heavy atom. The van der Waals surface area contributed by atoms with Crippen LogP contribution in [-0.2, 0) is 21.1 Å². The first-order chi connectivity index (χ1) is 9.57. The molecule has 1 aromatic carbocycles. The molecule has 1 rings (SSSR count). The highest BCUT2D eigenvalue weighted by molar-refractivity contribution is 7.91. The van der Waals surface area contributed by atoms with Crippen LogP contribution in [-0.4, -0.2) is 40.2 Å². The zero-order valence-electron chi connectivity index (χ0n) is 11.9. The summed E-state index contributed by atoms with van der Waals surface area (Å²) in [5, 5.41) is 0. The van der Waals surface area contributed by atoms with Crippen molar-refractivity contribution in [2.45, 2.75) is 19.4 Å². The quantitative estimate of drug-likeness (QED) is 0.660. The molecule has 0 saturated heterocycles. The number of hydrogen-bond acceptors (Lipinski definition) is 5. The number of rotatable bonds is 10. The highest BCUT2D eigenvalue weighted by Crippen LogP contribution is 2.13. The lowest BCUT2D eigenvalue weighted by molar-refractivity contribution is 0.199. The van der Waals surface area contributed by atoms with Crippen LogP contribution in [0.25, 0.3) is 0 Å². The number of hydrogen-bond donors (Lipinski definition) is 1. The van der Waals surface area contributed by atoms with Crippen LogP contribution in [0.15, 0.2) is 24.3 Å². The summed E-state index contributed by atoms with van der Waals surface area (Å²) < 4.78 is 33.7. The molecule has 6 heteroatoms. The van der Waals surface area contributed by atoms with Crippen LogP contribution in [0.5, 0.6) is 5.75 Å². The van der Waals surface area contributed by atoms with E-state index < -0.39 is 9.84 Å². The van der Waals surface area contributed by atoms with Gasteiger partial charge >= 0.3 is 0 Å². The predicted molar refractivity (Wildman–Crippen MR) is 79.6 cm³/mol. The predicted octanol–water partition coefficient (Wildman–Crippen LogP) is 1.37. The largest absolute Gasteiger partial charge is 0.494 e. The Hall–Kier alpha value is -1.11. The summed E-state index contributed by atoms with van der Waals surface area (Å²) in [7, 11) is -1.44. The zero-order chi connectivity index (χ0) is 14.8. The number of methoxy groups -OCH3 is 1. The van der Waals surface area contributed by atoms with E-state index in [1.807, 2.05) is 24.3 Å². The minimum Gasteiger partial charge on any atom is -0.494 e. The average Bonchev–Trinajstić information content (AvgIpc) is 2.44. The van der Waals surface area contributed by atoms with Gasteiger partial charge in [0.1, 0.15) is 5.75 Å². The lowest BCUT2D eigenvalue weighted by Gasteiger charge is -2.08. The van der Waals surface area contributed by atoms with Crippen molar-refractivity contribution in [3.63, 3.8) is 0 Å². The van der Waals surface area contributed by atoms with Crippen molar-refractivity contribution >= 4 is 9.84 Å². The molecule has 114 valence electrons. The van der Waals surface area contributed by atoms with Crippen molar-refractivity contribution in [3.8, 4) is 5.75 Å². The van der Waals surface area contributed by atoms with Crippen molar-refractivity contribution in [1.82, 2.24) is 0 Å². The van der Waals surface area contributed by atoms with Gasteiger partial charge in [-0.3, -0.25) is 0 Å². The van der Waals surface area contributed by atoms with Crippen LogP contribution in [0, 0.1) is 0 Å². The zero-order valence-corrected chi connectivity index (χ0v) is 12.7. The molecule has 0 heterocycles. The van der Waals surface area contributed by atoms with Gasteiger partial charge in [0.2, 0.25) is 0 Å². The molecule has 0 aromatic heterocycles. The molecule has 0 unspecified atom stereocenters. The fourth-order valence-electron chi connectivity index (χ4n) is 1.76. The molecule has 5 nitrogen and oxygen atoms in total. The van der Waals surface area contributed by atoms with Gasteiger partial charge in [0.15, 0.2) is 9.84 Å². The topological polar surface area (TPSA) is 78.6 Å². The van der Waals surface area contributed by atoms with Gasteiger partial charge in [-0.25, -0.2) is 8.42 Å². The summed E-state index contributed by atoms with van der Waals surface area (Å²) in [6.45, 7) is 1.32. The van der Waals surface area contributed by atoms with E-state index >= 15 is 0 Å². The third-order valence-corrected chi connectivity index (χ3v) is 4.63. The Bertz CT molecular complexity index is 488. The van der Waals surface area contributed by atoms with E-state index in [9.17, 15) is 8.42 Å². The van der Waals surface area contributed by atoms with Crippen LogP contribution in [0.4, 0.5) is 0 Å². The Balaban J connectivity index is 2.27. The molecule has 0 amide bonds. The Labute approximate surface area is 121 Å². The molecule has 0 aliphatic heterocycles. The fraction of sp³-hybridized carbons (Fsp3) is 0.571. The van der Waals surface area contributed by atoms with Gasteiger partial charge < -0.3 is 15.2 Å². The van der Waals surface area contributed by atoms with Crippen LogP contribution in [0.2, 0.25) is 0 Å². The van der Waals surface area contributed by atoms with Gasteiger partial charge in [-0.1, -0.05) is 12.1 Å². The van der Waals surface area contributed by atoms with Crippen LogP contribution >= 0.6 is 0 Å². The highest BCUT2D eigenvalue weighted by Gasteiger charge is 2.10. The normalized spacial score (nSPS) is 11.5. The second-order valence-corrected chi connectivity index (χ2v) is 6.86. The third-order valence-electron chi connectivity index (χ3n) is 2.81. The molecule has 0 radical (unpaired) electrons. The summed E-state index contributed by atoms with van der Waals surface area (Å²) in [5.74, 6) is 1.04. The lowest BCUT2D eigenvalue weighted by atomic mass is 10.2. The summed E-state index contributed by atoms with van der Waals surface area (Å²) >= 11 is 0. The van der Waals surface area contributed by atoms with Gasteiger partial charge in [-0.2, -0.15) is 0 Å². The molecule has 0 atom stereocenters. The van der Waals surface area contributed by atoms with Crippen molar-refractivity contribution in [2.24, 2.45) is 5.73 Å². The molecule has 0 saturated carbocycles. The smallest absolute Gasteiger partial charge is 0.150 e. The third kappa shape index (κ3) is 6.88. The SMILES string of the molecule is COCCCS(=O)(=O)CCCOc1cccc(CN)c1. The molecule has 1 aromatic rings. The first-order valence-corrected chi connectivity index (χ1v) is 8.50. The minimum atomic E-state index is -3.00. The summed E-state index contributed by atoms with van der Waals surface area (Å²) in [4.78, 5) is 0. The van der Waals surface area contributed by atoms with Crippen LogP contribution in [0.3, 0.4) is 0 Å². The van der Waals surface area contributed by atoms with E-state index in [2.05, 4.69) is 0 Å². The van der Waals surface area contributed by atoms with Crippen molar-refractivity contribution in [1.29, 1.82) is 0 Å². The van der Waals surface area contributed by atoms with E-state index in [-0.39, 0.29) is 11.5 Å². The Morgan fingerprint density at radius 1 is 1.15 bits per heavy atom. The molecular weight excluding hydrogens is 278 g/mol. The van der Waals surface area contributed by atoms with Crippen LogP contribution in [0.1, 0.15) is 18.4 Å². The molecule has 0 spiro atoms. The van der Waals surface area contributed by atoms with Gasteiger partial charge in [0.05, 0.1) is 18.1 Å². The van der Waals surface area contributed by atoms with Gasteiger partial charge in [-0.15, -0.1) is 0 Å². The fourth-order valence-corrected chi connectivity index (χ4v) is 3.08.